The molecule has 4 rings (SSSR count). The second-order valence-electron chi connectivity index (χ2n) is 14.2. The van der Waals surface area contributed by atoms with Gasteiger partial charge < -0.3 is 8.85 Å². The zero-order chi connectivity index (χ0) is 22.2. The molecule has 2 nitrogen and oxygen atoms in total. The Hall–Kier alpha value is 0.354. The van der Waals surface area contributed by atoms with Crippen LogP contribution in [-0.4, -0.2) is 28.3 Å². The first-order chi connectivity index (χ1) is 13.7. The molecule has 4 fully saturated rings. The summed E-state index contributed by atoms with van der Waals surface area (Å²) in [7, 11) is -2.98. The van der Waals surface area contributed by atoms with Crippen molar-refractivity contribution in [2.24, 2.45) is 34.5 Å². The molecule has 8 atom stereocenters. The van der Waals surface area contributed by atoms with Gasteiger partial charge in [-0.15, -0.1) is 0 Å². The molecule has 0 saturated heterocycles. The highest BCUT2D eigenvalue weighted by Crippen LogP contribution is 2.69. The van der Waals surface area contributed by atoms with Gasteiger partial charge in [0.05, 0.1) is 5.60 Å². The molecule has 0 aromatic rings. The molecule has 0 unspecified atom stereocenters. The van der Waals surface area contributed by atoms with Crippen LogP contribution in [0.25, 0.3) is 0 Å². The summed E-state index contributed by atoms with van der Waals surface area (Å²) in [5.74, 6) is 3.65. The fourth-order valence-electron chi connectivity index (χ4n) is 8.89. The van der Waals surface area contributed by atoms with Crippen LogP contribution in [0.1, 0.15) is 78.6 Å². The van der Waals surface area contributed by atoms with Gasteiger partial charge in [0.1, 0.15) is 0 Å². The van der Waals surface area contributed by atoms with Gasteiger partial charge in [0, 0.05) is 6.10 Å². The molecule has 0 amide bonds. The molecule has 0 bridgehead atoms. The van der Waals surface area contributed by atoms with E-state index in [0.717, 1.165) is 23.7 Å². The first-order valence-corrected chi connectivity index (χ1v) is 19.9. The summed E-state index contributed by atoms with van der Waals surface area (Å²) in [4.78, 5) is 0. The van der Waals surface area contributed by atoms with Crippen molar-refractivity contribution in [3.63, 3.8) is 0 Å². The SMILES string of the molecule is C[C@]12CC[C@@H](O[Si](C)(C)C)C[C@H]1CC[C@@H]1[C@@H]2CC[C@@]2(C)[C@H]1CC[C@]2(C)O[Si](C)(C)C. The summed E-state index contributed by atoms with van der Waals surface area (Å²) < 4.78 is 13.6. The summed E-state index contributed by atoms with van der Waals surface area (Å²) in [6, 6.07) is 0. The van der Waals surface area contributed by atoms with E-state index in [9.17, 15) is 0 Å². The van der Waals surface area contributed by atoms with Gasteiger partial charge >= 0.3 is 0 Å². The lowest BCUT2D eigenvalue weighted by Crippen LogP contribution is -2.58. The predicted octanol–water partition coefficient (Wildman–Crippen LogP) is 7.86. The molecule has 0 spiro atoms. The quantitative estimate of drug-likeness (QED) is 0.406. The number of rotatable bonds is 4. The summed E-state index contributed by atoms with van der Waals surface area (Å²) in [6.45, 7) is 22.0. The van der Waals surface area contributed by atoms with E-state index in [0.29, 0.717) is 16.9 Å². The van der Waals surface area contributed by atoms with E-state index in [-0.39, 0.29) is 5.60 Å². The predicted molar refractivity (Wildman–Crippen MR) is 133 cm³/mol. The van der Waals surface area contributed by atoms with Crippen molar-refractivity contribution in [2.45, 2.75) is 130 Å². The lowest BCUT2D eigenvalue weighted by molar-refractivity contribution is -0.148. The molecule has 4 aliphatic carbocycles. The second-order valence-corrected chi connectivity index (χ2v) is 23.1. The fourth-order valence-corrected chi connectivity index (χ4v) is 11.8. The summed E-state index contributed by atoms with van der Waals surface area (Å²) in [6.07, 6.45) is 13.0. The van der Waals surface area contributed by atoms with Crippen molar-refractivity contribution in [3.8, 4) is 0 Å². The average molecular weight is 451 g/mol. The van der Waals surface area contributed by atoms with Crippen molar-refractivity contribution >= 4 is 16.6 Å². The van der Waals surface area contributed by atoms with Gasteiger partial charge in [-0.05, 0) is 138 Å². The molecule has 0 N–H and O–H groups in total. The van der Waals surface area contributed by atoms with Gasteiger partial charge in [0.2, 0.25) is 0 Å². The maximum atomic E-state index is 6.96. The van der Waals surface area contributed by atoms with Gasteiger partial charge in [0.25, 0.3) is 0 Å². The van der Waals surface area contributed by atoms with Crippen LogP contribution in [0.4, 0.5) is 0 Å². The van der Waals surface area contributed by atoms with Crippen molar-refractivity contribution in [1.29, 1.82) is 0 Å². The van der Waals surface area contributed by atoms with Crippen molar-refractivity contribution in [3.05, 3.63) is 0 Å². The Balaban J connectivity index is 1.52. The van der Waals surface area contributed by atoms with Gasteiger partial charge in [-0.3, -0.25) is 0 Å². The Bertz CT molecular complexity index is 652. The standard InChI is InChI=1S/C26H50O2Si2/c1-24-15-12-20(27-29(4,5)6)18-19(24)10-11-21-22(24)13-16-25(2)23(21)14-17-26(25,3)28-30(7,8)9/h19-23H,10-18H2,1-9H3/t19-,20-,21-,22+,23+,24+,25+,26+/m1/s1. The summed E-state index contributed by atoms with van der Waals surface area (Å²) in [5, 5.41) is 0. The van der Waals surface area contributed by atoms with Crippen molar-refractivity contribution < 1.29 is 8.85 Å². The average Bonchev–Trinajstić information content (AvgIpc) is 2.83. The highest BCUT2D eigenvalue weighted by molar-refractivity contribution is 6.70. The van der Waals surface area contributed by atoms with Gasteiger partial charge in [-0.1, -0.05) is 13.8 Å². The molecule has 0 aromatic heterocycles. The smallest absolute Gasteiger partial charge is 0.184 e. The lowest BCUT2D eigenvalue weighted by Gasteiger charge is -2.62. The molecule has 4 heteroatoms. The zero-order valence-corrected chi connectivity index (χ0v) is 23.6. The Kier molecular flexibility index (Phi) is 5.82. The fraction of sp³-hybridized carbons (Fsp3) is 1.00. The molecular formula is C26H50O2Si2. The van der Waals surface area contributed by atoms with Crippen LogP contribution in [0.5, 0.6) is 0 Å². The van der Waals surface area contributed by atoms with Crippen LogP contribution < -0.4 is 0 Å². The number of hydrogen-bond donors (Lipinski definition) is 0. The number of fused-ring (bicyclic) bond motifs is 5. The van der Waals surface area contributed by atoms with Crippen LogP contribution in [0.15, 0.2) is 0 Å². The third-order valence-electron chi connectivity index (χ3n) is 10.2. The summed E-state index contributed by atoms with van der Waals surface area (Å²) in [5.41, 5.74) is 1.05. The first-order valence-electron chi connectivity index (χ1n) is 13.0. The maximum absolute atomic E-state index is 6.96. The zero-order valence-electron chi connectivity index (χ0n) is 21.6. The van der Waals surface area contributed by atoms with Crippen molar-refractivity contribution in [2.75, 3.05) is 0 Å². The third-order valence-corrected chi connectivity index (χ3v) is 12.3. The molecule has 30 heavy (non-hydrogen) atoms. The molecule has 0 heterocycles. The highest BCUT2D eigenvalue weighted by atomic mass is 28.4. The van der Waals surface area contributed by atoms with Crippen molar-refractivity contribution in [1.82, 2.24) is 0 Å². The molecule has 0 radical (unpaired) electrons. The van der Waals surface area contributed by atoms with Crippen LogP contribution in [0, 0.1) is 34.5 Å². The molecule has 0 aliphatic heterocycles. The van der Waals surface area contributed by atoms with Gasteiger partial charge in [-0.2, -0.15) is 0 Å². The molecular weight excluding hydrogens is 400 g/mol. The minimum absolute atomic E-state index is 0.105. The van der Waals surface area contributed by atoms with E-state index in [4.69, 9.17) is 8.85 Å². The Morgan fingerprint density at radius 3 is 2.00 bits per heavy atom. The normalized spacial score (nSPS) is 49.3. The maximum Gasteiger partial charge on any atom is 0.184 e. The highest BCUT2D eigenvalue weighted by Gasteiger charge is 2.64. The third kappa shape index (κ3) is 3.94. The van der Waals surface area contributed by atoms with Crippen LogP contribution >= 0.6 is 0 Å². The van der Waals surface area contributed by atoms with E-state index in [1.807, 2.05) is 0 Å². The second kappa shape index (κ2) is 7.43. The Labute approximate surface area is 189 Å². The molecule has 4 saturated carbocycles. The van der Waals surface area contributed by atoms with Gasteiger partial charge in [0.15, 0.2) is 16.6 Å². The largest absolute Gasteiger partial charge is 0.415 e. The Morgan fingerprint density at radius 1 is 0.700 bits per heavy atom. The molecule has 174 valence electrons. The van der Waals surface area contributed by atoms with Crippen LogP contribution in [0.2, 0.25) is 39.3 Å². The monoisotopic (exact) mass is 450 g/mol. The molecule has 4 aliphatic rings. The minimum Gasteiger partial charge on any atom is -0.415 e. The van der Waals surface area contributed by atoms with E-state index in [2.05, 4.69) is 60.1 Å². The van der Waals surface area contributed by atoms with Crippen LogP contribution in [0.3, 0.4) is 0 Å². The van der Waals surface area contributed by atoms with E-state index in [1.54, 1.807) is 0 Å². The molecule has 0 aromatic carbocycles. The number of hydrogen-bond acceptors (Lipinski definition) is 2. The van der Waals surface area contributed by atoms with E-state index < -0.39 is 16.6 Å². The topological polar surface area (TPSA) is 18.5 Å². The lowest BCUT2D eigenvalue weighted by atomic mass is 9.44. The first kappa shape index (κ1) is 23.5. The minimum atomic E-state index is -1.54. The van der Waals surface area contributed by atoms with E-state index in [1.165, 1.54) is 57.8 Å². The summed E-state index contributed by atoms with van der Waals surface area (Å²) >= 11 is 0. The van der Waals surface area contributed by atoms with E-state index >= 15 is 0 Å². The van der Waals surface area contributed by atoms with Gasteiger partial charge in [-0.25, -0.2) is 0 Å². The Morgan fingerprint density at radius 2 is 1.37 bits per heavy atom. The van der Waals surface area contributed by atoms with Crippen LogP contribution in [-0.2, 0) is 8.85 Å².